The van der Waals surface area contributed by atoms with E-state index in [4.69, 9.17) is 25.5 Å². The maximum Gasteiger partial charge on any atom is 0.408 e. The lowest BCUT2D eigenvalue weighted by Gasteiger charge is -2.43. The number of hydrogen-bond acceptors (Lipinski definition) is 6. The number of carbonyl (C=O) groups is 1. The first-order valence-electron chi connectivity index (χ1n) is 16.1. The molecule has 0 bridgehead atoms. The largest absolute Gasteiger partial charge is 0.453 e. The van der Waals surface area contributed by atoms with Gasteiger partial charge in [0.2, 0.25) is 5.43 Å². The molecule has 3 aromatic carbocycles. The van der Waals surface area contributed by atoms with Crippen LogP contribution in [0, 0.1) is 0 Å². The molecule has 246 valence electrons. The molecule has 1 aliphatic rings. The van der Waals surface area contributed by atoms with E-state index in [1.165, 1.54) is 0 Å². The van der Waals surface area contributed by atoms with Crippen LogP contribution >= 0.6 is 11.6 Å². The topological polar surface area (TPSA) is 95.6 Å². The maximum atomic E-state index is 14.5. The molecular weight excluding hydrogens is 630 g/mol. The van der Waals surface area contributed by atoms with Crippen molar-refractivity contribution in [2.45, 2.75) is 83.6 Å². The van der Waals surface area contributed by atoms with Crippen molar-refractivity contribution in [2.24, 2.45) is 0 Å². The molecule has 2 aromatic heterocycles. The van der Waals surface area contributed by atoms with Crippen LogP contribution in [-0.2, 0) is 21.7 Å². The summed E-state index contributed by atoms with van der Waals surface area (Å²) in [4.78, 5) is 31.8. The van der Waals surface area contributed by atoms with Crippen molar-refractivity contribution in [3.63, 3.8) is 0 Å². The lowest BCUT2D eigenvalue weighted by molar-refractivity contribution is 0.0377. The Morgan fingerprint density at radius 3 is 2.38 bits per heavy atom. The van der Waals surface area contributed by atoms with Gasteiger partial charge in [0.1, 0.15) is 29.1 Å². The van der Waals surface area contributed by atoms with Crippen LogP contribution in [0.25, 0.3) is 44.5 Å². The smallest absolute Gasteiger partial charge is 0.408 e. The van der Waals surface area contributed by atoms with Crippen LogP contribution in [0.1, 0.15) is 45.6 Å². The highest BCUT2D eigenvalue weighted by molar-refractivity contribution is 6.76. The van der Waals surface area contributed by atoms with Crippen molar-refractivity contribution >= 4 is 47.8 Å². The number of imidazole rings is 1. The summed E-state index contributed by atoms with van der Waals surface area (Å²) in [7, 11) is -1.26. The Balaban J connectivity index is 1.44. The van der Waals surface area contributed by atoms with E-state index in [1.54, 1.807) is 12.4 Å². The van der Waals surface area contributed by atoms with Crippen LogP contribution in [0.15, 0.2) is 76.2 Å². The average Bonchev–Trinajstić information content (AvgIpc) is 3.42. The normalized spacial score (nSPS) is 14.7. The quantitative estimate of drug-likeness (QED) is 0.124. The Kier molecular flexibility index (Phi) is 8.84. The van der Waals surface area contributed by atoms with E-state index < -0.39 is 25.3 Å². The zero-order valence-electron chi connectivity index (χ0n) is 27.9. The highest BCUT2D eigenvalue weighted by Gasteiger charge is 2.41. The molecule has 47 heavy (non-hydrogen) atoms. The lowest BCUT2D eigenvalue weighted by Crippen LogP contribution is -2.52. The number of halogens is 1. The molecule has 0 spiro atoms. The molecule has 0 aliphatic heterocycles. The minimum absolute atomic E-state index is 0.195. The molecule has 0 radical (unpaired) electrons. The molecular formula is C37H42ClN3O5Si. The van der Waals surface area contributed by atoms with E-state index in [9.17, 15) is 9.59 Å². The summed E-state index contributed by atoms with van der Waals surface area (Å²) in [6.07, 6.45) is 3.86. The van der Waals surface area contributed by atoms with Gasteiger partial charge in [-0.3, -0.25) is 4.79 Å². The highest BCUT2D eigenvalue weighted by atomic mass is 35.5. The first-order chi connectivity index (χ1) is 22.2. The fourth-order valence-electron chi connectivity index (χ4n) is 6.01. The fourth-order valence-corrected chi connectivity index (χ4v) is 7.02. The zero-order chi connectivity index (χ0) is 33.6. The van der Waals surface area contributed by atoms with Gasteiger partial charge in [-0.1, -0.05) is 85.8 Å². The summed E-state index contributed by atoms with van der Waals surface area (Å²) in [6, 6.07) is 20.1. The monoisotopic (exact) mass is 671 g/mol. The Labute approximate surface area is 281 Å². The van der Waals surface area contributed by atoms with Gasteiger partial charge in [-0.2, -0.15) is 0 Å². The van der Waals surface area contributed by atoms with Gasteiger partial charge in [0, 0.05) is 20.2 Å². The van der Waals surface area contributed by atoms with Crippen molar-refractivity contribution in [3.8, 4) is 22.5 Å². The molecule has 0 unspecified atom stereocenters. The van der Waals surface area contributed by atoms with Crippen LogP contribution in [0.5, 0.6) is 0 Å². The molecule has 1 aliphatic carbocycles. The second-order valence-corrected chi connectivity index (χ2v) is 20.7. The first-order valence-corrected chi connectivity index (χ1v) is 20.2. The standard InChI is InChI=1S/C37H42ClN3O5Si/c1-36(2,3)46-35(43)40-37(17-10-18-37)26-15-13-24(14-16-26)29-32(42)27-21-28(38)30-31(34(27)45-33(29)25-11-8-7-9-12-25)41(22-39-30)23-44-19-20-47(4,5)6/h7-9,11-16,21-22H,10,17-20,23H2,1-6H3,(H,40,43). The van der Waals surface area contributed by atoms with Gasteiger partial charge in [0.15, 0.2) is 5.58 Å². The summed E-state index contributed by atoms with van der Waals surface area (Å²) in [5.41, 5.74) is 3.16. The third-order valence-corrected chi connectivity index (χ3v) is 10.6. The van der Waals surface area contributed by atoms with Crippen molar-refractivity contribution < 1.29 is 18.7 Å². The van der Waals surface area contributed by atoms with Gasteiger partial charge in [0.25, 0.3) is 0 Å². The van der Waals surface area contributed by atoms with E-state index in [0.717, 1.165) is 36.4 Å². The van der Waals surface area contributed by atoms with Crippen molar-refractivity contribution in [1.82, 2.24) is 14.9 Å². The molecule has 1 fully saturated rings. The van der Waals surface area contributed by atoms with Crippen LogP contribution in [0.4, 0.5) is 4.79 Å². The Hall–Kier alpha value is -3.92. The van der Waals surface area contributed by atoms with E-state index in [-0.39, 0.29) is 12.2 Å². The molecule has 1 N–H and O–H groups in total. The SMILES string of the molecule is CC(C)(C)OC(=O)NC1(c2ccc(-c3c(-c4ccccc4)oc4c(cc(Cl)c5ncn(COCC[Si](C)(C)C)c54)c3=O)cc2)CCC1. The average molecular weight is 672 g/mol. The summed E-state index contributed by atoms with van der Waals surface area (Å²) in [5, 5.41) is 3.85. The number of nitrogens with one attached hydrogen (secondary N) is 1. The molecule has 1 saturated carbocycles. The van der Waals surface area contributed by atoms with Gasteiger partial charge in [-0.15, -0.1) is 0 Å². The summed E-state index contributed by atoms with van der Waals surface area (Å²) in [5.74, 6) is 0.456. The van der Waals surface area contributed by atoms with E-state index >= 15 is 0 Å². The van der Waals surface area contributed by atoms with Crippen molar-refractivity contribution in [2.75, 3.05) is 6.61 Å². The lowest BCUT2D eigenvalue weighted by atomic mass is 9.71. The molecule has 0 atom stereocenters. The number of alkyl carbamates (subject to hydrolysis) is 1. The van der Waals surface area contributed by atoms with Gasteiger partial charge in [-0.05, 0) is 63.3 Å². The molecule has 0 saturated heterocycles. The summed E-state index contributed by atoms with van der Waals surface area (Å²) < 4.78 is 20.2. The van der Waals surface area contributed by atoms with E-state index in [1.807, 2.05) is 79.9 Å². The number of nitrogens with zero attached hydrogens (tertiary/aromatic N) is 2. The number of aromatic nitrogens is 2. The number of benzene rings is 3. The molecule has 6 rings (SSSR count). The zero-order valence-corrected chi connectivity index (χ0v) is 29.7. The summed E-state index contributed by atoms with van der Waals surface area (Å²) in [6.45, 7) is 13.4. The van der Waals surface area contributed by atoms with Gasteiger partial charge >= 0.3 is 6.09 Å². The van der Waals surface area contributed by atoms with Crippen LogP contribution in [0.2, 0.25) is 30.7 Å². The van der Waals surface area contributed by atoms with E-state index in [0.29, 0.717) is 50.5 Å². The first kappa shape index (κ1) is 33.0. The van der Waals surface area contributed by atoms with Crippen LogP contribution < -0.4 is 10.7 Å². The molecule has 10 heteroatoms. The molecule has 1 amide bonds. The number of hydrogen-bond donors (Lipinski definition) is 1. The van der Waals surface area contributed by atoms with Gasteiger partial charge < -0.3 is 23.8 Å². The Bertz CT molecular complexity index is 1990. The van der Waals surface area contributed by atoms with Gasteiger partial charge in [-0.25, -0.2) is 9.78 Å². The minimum atomic E-state index is -1.26. The maximum absolute atomic E-state index is 14.5. The minimum Gasteiger partial charge on any atom is -0.453 e. The Morgan fingerprint density at radius 1 is 1.06 bits per heavy atom. The summed E-state index contributed by atoms with van der Waals surface area (Å²) >= 11 is 6.74. The fraction of sp³-hybridized carbons (Fsp3) is 0.378. The number of ether oxygens (including phenoxy) is 2. The molecule has 2 heterocycles. The van der Waals surface area contributed by atoms with Gasteiger partial charge in [0.05, 0.1) is 27.8 Å². The third kappa shape index (κ3) is 6.88. The van der Waals surface area contributed by atoms with Crippen LogP contribution in [0.3, 0.4) is 0 Å². The number of carbonyl (C=O) groups excluding carboxylic acids is 1. The molecule has 5 aromatic rings. The predicted molar refractivity (Wildman–Crippen MR) is 191 cm³/mol. The second kappa shape index (κ2) is 12.6. The van der Waals surface area contributed by atoms with Crippen molar-refractivity contribution in [3.05, 3.63) is 87.8 Å². The molecule has 8 nitrogen and oxygen atoms in total. The predicted octanol–water partition coefficient (Wildman–Crippen LogP) is 9.35. The number of fused-ring (bicyclic) bond motifs is 3. The number of amides is 1. The highest BCUT2D eigenvalue weighted by Crippen LogP contribution is 2.43. The second-order valence-electron chi connectivity index (χ2n) is 14.6. The van der Waals surface area contributed by atoms with E-state index in [2.05, 4.69) is 29.9 Å². The number of rotatable bonds is 9. The van der Waals surface area contributed by atoms with Crippen LogP contribution in [-0.4, -0.2) is 35.9 Å². The Morgan fingerprint density at radius 2 is 1.77 bits per heavy atom. The van der Waals surface area contributed by atoms with Crippen molar-refractivity contribution in [1.29, 1.82) is 0 Å². The third-order valence-electron chi connectivity index (χ3n) is 8.63.